The quantitative estimate of drug-likeness (QED) is 0.0785. The lowest BCUT2D eigenvalue weighted by Crippen LogP contribution is -2.69. The van der Waals surface area contributed by atoms with Crippen molar-refractivity contribution in [3.63, 3.8) is 0 Å². The Balaban J connectivity index is 2.07. The maximum Gasteiger partial charge on any atom is 0.303 e. The monoisotopic (exact) mass is 840 g/mol. The molecule has 2 aliphatic heterocycles. The SMILES string of the molecule is CC(=O)OC[C@H]1O[C@@H](O[C@H]2[C@H](OC(C)=O)[C@@H](OC(C)=O)[C@H](NC(=S)N/N=C/c3ccc(N(C)C)cc3)O[C@@H]2COC(C)=O)[C@H](OC(C)=O)[C@@H](OC(C)=O)[C@H]1OC(C)=O. The smallest absolute Gasteiger partial charge is 0.303 e. The molecular weight excluding hydrogens is 792 g/mol. The molecule has 58 heavy (non-hydrogen) atoms. The van der Waals surface area contributed by atoms with Crippen LogP contribution < -0.4 is 15.6 Å². The molecule has 1 aromatic rings. The van der Waals surface area contributed by atoms with Gasteiger partial charge in [-0.3, -0.25) is 39.0 Å². The average Bonchev–Trinajstić information content (AvgIpc) is 3.10. The van der Waals surface area contributed by atoms with Gasteiger partial charge in [-0.25, -0.2) is 0 Å². The number of esters is 7. The van der Waals surface area contributed by atoms with Crippen molar-refractivity contribution in [2.75, 3.05) is 32.2 Å². The number of carbonyl (C=O) groups excluding carboxylic acids is 7. The number of benzene rings is 1. The first-order chi connectivity index (χ1) is 27.2. The summed E-state index contributed by atoms with van der Waals surface area (Å²) in [4.78, 5) is 88.1. The molecule has 2 fully saturated rings. The van der Waals surface area contributed by atoms with E-state index in [9.17, 15) is 33.6 Å². The Hall–Kier alpha value is -5.45. The second-order valence-corrected chi connectivity index (χ2v) is 13.5. The lowest BCUT2D eigenvalue weighted by Gasteiger charge is -2.49. The molecule has 2 heterocycles. The van der Waals surface area contributed by atoms with E-state index < -0.39 is 116 Å². The summed E-state index contributed by atoms with van der Waals surface area (Å²) in [6, 6.07) is 7.42. The summed E-state index contributed by atoms with van der Waals surface area (Å²) in [5.74, 6) is -5.96. The number of rotatable bonds is 15. The van der Waals surface area contributed by atoms with Crippen molar-refractivity contribution in [1.82, 2.24) is 10.7 Å². The standard InChI is InChI=1S/C36H48N4O17S/c1-17(41)48-15-26-29(57-35-33(54-23(7)47)31(52-21(5)45)28(50-19(3)43)27(56-35)16-49-18(2)42)30(51-20(4)44)32(53-22(6)46)34(55-26)38-36(58)39-37-14-24-10-12-25(13-11-24)40(8)9/h10-14,26-35H,15-16H2,1-9H3,(H2,38,39,58)/b37-14+/t26-,27-,28+,29-,30+,31+,32-,33-,34-,35+/m1/s1. The Morgan fingerprint density at radius 2 is 1.09 bits per heavy atom. The molecule has 0 saturated carbocycles. The molecule has 0 aliphatic carbocycles. The molecule has 320 valence electrons. The Morgan fingerprint density at radius 1 is 0.638 bits per heavy atom. The first-order valence-corrected chi connectivity index (χ1v) is 18.1. The fourth-order valence-corrected chi connectivity index (χ4v) is 5.98. The van der Waals surface area contributed by atoms with Crippen molar-refractivity contribution in [2.45, 2.75) is 110 Å². The largest absolute Gasteiger partial charge is 0.463 e. The van der Waals surface area contributed by atoms with Crippen LogP contribution in [0.3, 0.4) is 0 Å². The normalized spacial score (nSPS) is 26.6. The highest BCUT2D eigenvalue weighted by molar-refractivity contribution is 7.80. The fourth-order valence-electron chi connectivity index (χ4n) is 5.81. The highest BCUT2D eigenvalue weighted by atomic mass is 32.1. The Morgan fingerprint density at radius 3 is 1.57 bits per heavy atom. The minimum absolute atomic E-state index is 0.143. The van der Waals surface area contributed by atoms with Crippen molar-refractivity contribution in [1.29, 1.82) is 0 Å². The van der Waals surface area contributed by atoms with Crippen LogP contribution in [-0.2, 0) is 80.9 Å². The number of nitrogens with zero attached hydrogens (tertiary/aromatic N) is 2. The van der Waals surface area contributed by atoms with Crippen molar-refractivity contribution in [3.05, 3.63) is 29.8 Å². The van der Waals surface area contributed by atoms with Gasteiger partial charge < -0.3 is 57.6 Å². The van der Waals surface area contributed by atoms with E-state index in [1.165, 1.54) is 6.21 Å². The van der Waals surface area contributed by atoms with Gasteiger partial charge in [0.2, 0.25) is 0 Å². The fraction of sp³-hybridized carbons (Fsp3) is 0.583. The van der Waals surface area contributed by atoms with Crippen LogP contribution in [0, 0.1) is 0 Å². The van der Waals surface area contributed by atoms with E-state index in [4.69, 9.17) is 59.6 Å². The van der Waals surface area contributed by atoms with Crippen LogP contribution >= 0.6 is 12.2 Å². The molecule has 0 bridgehead atoms. The molecule has 0 amide bonds. The van der Waals surface area contributed by atoms with Crippen molar-refractivity contribution in [2.24, 2.45) is 5.10 Å². The summed E-state index contributed by atoms with van der Waals surface area (Å²) in [5, 5.41) is 6.80. The van der Waals surface area contributed by atoms with Gasteiger partial charge in [0.15, 0.2) is 48.2 Å². The Kier molecular flexibility index (Phi) is 17.7. The number of hydrogen-bond acceptors (Lipinski definition) is 20. The predicted molar refractivity (Wildman–Crippen MR) is 200 cm³/mol. The molecule has 2 saturated heterocycles. The van der Waals surface area contributed by atoms with Crippen LogP contribution in [0.4, 0.5) is 5.69 Å². The molecule has 2 aliphatic rings. The molecule has 2 N–H and O–H groups in total. The summed E-state index contributed by atoms with van der Waals surface area (Å²) in [6.07, 6.45) is -14.3. The van der Waals surface area contributed by atoms with E-state index in [0.717, 1.165) is 59.7 Å². The first kappa shape index (κ1) is 46.9. The van der Waals surface area contributed by atoms with Crippen LogP contribution in [0.15, 0.2) is 29.4 Å². The number of hydrogen-bond donors (Lipinski definition) is 2. The summed E-state index contributed by atoms with van der Waals surface area (Å²) < 4.78 is 56.7. The molecule has 0 unspecified atom stereocenters. The zero-order valence-electron chi connectivity index (χ0n) is 33.3. The van der Waals surface area contributed by atoms with Gasteiger partial charge in [0.1, 0.15) is 31.5 Å². The molecule has 21 nitrogen and oxygen atoms in total. The average molecular weight is 841 g/mol. The number of ether oxygens (including phenoxy) is 10. The highest BCUT2D eigenvalue weighted by Gasteiger charge is 2.57. The minimum atomic E-state index is -1.82. The predicted octanol–water partition coefficient (Wildman–Crippen LogP) is 0.170. The Bertz CT molecular complexity index is 1690. The third kappa shape index (κ3) is 14.5. The van der Waals surface area contributed by atoms with Gasteiger partial charge in [-0.05, 0) is 29.9 Å². The molecule has 3 rings (SSSR count). The van der Waals surface area contributed by atoms with Gasteiger partial charge in [0, 0.05) is 68.2 Å². The second kappa shape index (κ2) is 21.9. The van der Waals surface area contributed by atoms with E-state index in [1.54, 1.807) is 0 Å². The maximum atomic E-state index is 12.7. The second-order valence-electron chi connectivity index (χ2n) is 13.0. The summed E-state index contributed by atoms with van der Waals surface area (Å²) in [5.41, 5.74) is 4.32. The number of hydrazone groups is 1. The third-order valence-corrected chi connectivity index (χ3v) is 8.20. The van der Waals surface area contributed by atoms with Crippen molar-refractivity contribution < 1.29 is 80.9 Å². The molecule has 10 atom stereocenters. The molecule has 0 aromatic heterocycles. The summed E-state index contributed by atoms with van der Waals surface area (Å²) in [7, 11) is 3.80. The van der Waals surface area contributed by atoms with Crippen LogP contribution in [0.2, 0.25) is 0 Å². The lowest BCUT2D eigenvalue weighted by molar-refractivity contribution is -0.345. The van der Waals surface area contributed by atoms with E-state index in [0.29, 0.717) is 0 Å². The van der Waals surface area contributed by atoms with E-state index in [-0.39, 0.29) is 5.11 Å². The van der Waals surface area contributed by atoms with Gasteiger partial charge in [0.05, 0.1) is 6.21 Å². The number of thiocarbonyl (C=S) groups is 1. The minimum Gasteiger partial charge on any atom is -0.463 e. The van der Waals surface area contributed by atoms with Gasteiger partial charge in [0.25, 0.3) is 0 Å². The highest BCUT2D eigenvalue weighted by Crippen LogP contribution is 2.35. The number of nitrogens with one attached hydrogen (secondary N) is 2. The van der Waals surface area contributed by atoms with Crippen LogP contribution in [0.1, 0.15) is 54.0 Å². The van der Waals surface area contributed by atoms with E-state index in [2.05, 4.69) is 15.8 Å². The van der Waals surface area contributed by atoms with Crippen LogP contribution in [-0.4, -0.2) is 142 Å². The van der Waals surface area contributed by atoms with Gasteiger partial charge >= 0.3 is 41.8 Å². The number of anilines is 1. The van der Waals surface area contributed by atoms with E-state index >= 15 is 0 Å². The molecule has 1 aromatic carbocycles. The Labute approximate surface area is 339 Å². The molecule has 0 radical (unpaired) electrons. The van der Waals surface area contributed by atoms with Crippen LogP contribution in [0.25, 0.3) is 0 Å². The third-order valence-electron chi connectivity index (χ3n) is 7.99. The van der Waals surface area contributed by atoms with Gasteiger partial charge in [-0.2, -0.15) is 5.10 Å². The molecular formula is C36H48N4O17S. The lowest BCUT2D eigenvalue weighted by atomic mass is 9.95. The van der Waals surface area contributed by atoms with Gasteiger partial charge in [-0.15, -0.1) is 0 Å². The first-order valence-electron chi connectivity index (χ1n) is 17.7. The van der Waals surface area contributed by atoms with Crippen molar-refractivity contribution >= 4 is 71.0 Å². The van der Waals surface area contributed by atoms with Crippen LogP contribution in [0.5, 0.6) is 0 Å². The summed E-state index contributed by atoms with van der Waals surface area (Å²) in [6.45, 7) is 6.30. The van der Waals surface area contributed by atoms with E-state index in [1.807, 2.05) is 43.3 Å². The topological polar surface area (TPSA) is 251 Å². The van der Waals surface area contributed by atoms with Gasteiger partial charge in [-0.1, -0.05) is 12.1 Å². The van der Waals surface area contributed by atoms with Crippen molar-refractivity contribution in [3.8, 4) is 0 Å². The molecule has 22 heteroatoms. The molecule has 0 spiro atoms. The zero-order valence-corrected chi connectivity index (χ0v) is 34.1. The zero-order chi connectivity index (χ0) is 43.3. The summed E-state index contributed by atoms with van der Waals surface area (Å²) >= 11 is 5.43. The number of carbonyl (C=O) groups is 7. The maximum absolute atomic E-state index is 12.7.